The molecule has 0 atom stereocenters. The van der Waals surface area contributed by atoms with Crippen LogP contribution in [0, 0.1) is 13.8 Å². The molecule has 0 saturated heterocycles. The molecule has 6 heteroatoms. The first kappa shape index (κ1) is 48.0. The lowest BCUT2D eigenvalue weighted by Gasteiger charge is -2.17. The maximum atomic E-state index is 5.71. The van der Waals surface area contributed by atoms with Crippen molar-refractivity contribution in [2.24, 2.45) is 0 Å². The molecule has 4 aromatic heterocycles. The van der Waals surface area contributed by atoms with Crippen LogP contribution in [0.4, 0.5) is 0 Å². The number of benzene rings is 12. The van der Waals surface area contributed by atoms with Gasteiger partial charge in [0, 0.05) is 43.4 Å². The Kier molecular flexibility index (Phi) is 11.2. The Morgan fingerprint density at radius 3 is 1.00 bits per heavy atom. The monoisotopic (exact) mass is 1060 g/mol. The first-order chi connectivity index (χ1) is 41.0. The Labute approximate surface area is 480 Å². The Morgan fingerprint density at radius 1 is 0.229 bits per heavy atom. The second-order valence-corrected chi connectivity index (χ2v) is 21.7. The molecule has 4 heterocycles. The topological polar surface area (TPSA) is 53.5 Å². The summed E-state index contributed by atoms with van der Waals surface area (Å²) in [5.74, 6) is 1.63. The normalized spacial score (nSPS) is 11.7. The Hall–Kier alpha value is -11.0. The first-order valence-electron chi connectivity index (χ1n) is 28.3. The molecule has 0 aliphatic carbocycles. The number of rotatable bonds is 9. The van der Waals surface area contributed by atoms with Crippen LogP contribution in [0.2, 0.25) is 0 Å². The minimum absolute atomic E-state index is 0.514. The molecule has 0 amide bonds. The van der Waals surface area contributed by atoms with E-state index in [0.29, 0.717) is 17.6 Å². The summed E-state index contributed by atoms with van der Waals surface area (Å²) in [6.07, 6.45) is 0. The molecule has 6 nitrogen and oxygen atoms in total. The summed E-state index contributed by atoms with van der Waals surface area (Å²) in [6.45, 7) is 4.32. The number of aryl methyl sites for hydroxylation is 2. The molecule has 0 unspecified atom stereocenters. The highest BCUT2D eigenvalue weighted by atomic mass is 15.2. The first-order valence-corrected chi connectivity index (χ1v) is 28.3. The molecule has 16 aromatic rings. The zero-order chi connectivity index (χ0) is 55.1. The Bertz CT molecular complexity index is 4920. The average Bonchev–Trinajstić information content (AvgIpc) is 4.27. The second-order valence-electron chi connectivity index (χ2n) is 21.7. The minimum Gasteiger partial charge on any atom is -0.309 e. The molecule has 390 valence electrons. The van der Waals surface area contributed by atoms with Crippen LogP contribution >= 0.6 is 0 Å². The van der Waals surface area contributed by atoms with Gasteiger partial charge in [-0.1, -0.05) is 205 Å². The lowest BCUT2D eigenvalue weighted by Crippen LogP contribution is -2.09. The molecule has 83 heavy (non-hydrogen) atoms. The maximum absolute atomic E-state index is 5.71. The molecule has 0 spiro atoms. The average molecular weight is 1060 g/mol. The van der Waals surface area contributed by atoms with E-state index in [4.69, 9.17) is 15.0 Å². The fourth-order valence-corrected chi connectivity index (χ4v) is 12.9. The van der Waals surface area contributed by atoms with Gasteiger partial charge in [0.1, 0.15) is 0 Å². The SMILES string of the molecule is Cc1ccc2c(c1)c1ccccc1n2-c1ccccc1-c1nc(-c2ccccc2-n2c3ccccc3c3cc(C)ccc32)nc(-n2c3ccc(-c4ccccc4-c4ccccc4)cc3c3cc(-c4ccccc4-c4ccccc4)ccc32)n1. The van der Waals surface area contributed by atoms with E-state index in [2.05, 4.69) is 307 Å². The van der Waals surface area contributed by atoms with Gasteiger partial charge >= 0.3 is 0 Å². The smallest absolute Gasteiger partial charge is 0.238 e. The van der Waals surface area contributed by atoms with E-state index in [1.165, 1.54) is 54.9 Å². The fourth-order valence-electron chi connectivity index (χ4n) is 12.9. The van der Waals surface area contributed by atoms with Crippen molar-refractivity contribution < 1.29 is 0 Å². The van der Waals surface area contributed by atoms with Crippen molar-refractivity contribution in [3.8, 4) is 84.6 Å². The molecule has 16 rings (SSSR count). The van der Waals surface area contributed by atoms with E-state index in [1.54, 1.807) is 0 Å². The number of nitrogens with zero attached hydrogens (tertiary/aromatic N) is 6. The van der Waals surface area contributed by atoms with Gasteiger partial charge in [-0.15, -0.1) is 0 Å². The summed E-state index contributed by atoms with van der Waals surface area (Å²) in [7, 11) is 0. The molecule has 0 N–H and O–H groups in total. The summed E-state index contributed by atoms with van der Waals surface area (Å²) in [5, 5.41) is 6.95. The standard InChI is InChI=1S/C77H52N6/c1-49-37-41-71-63(45-49)59-29-13-17-33-67(59)81(71)69-35-19-15-31-61(69)75-78-76(62-32-16-20-36-70(62)82-68-34-18-14-30-60(68)64-46-50(2)38-42-72(64)82)80-77(79-75)83-73-43-39-53(57-27-11-9-25-55(57)51-21-5-3-6-22-51)47-65(73)66-48-54(40-44-74(66)83)58-28-12-10-26-56(58)52-23-7-4-8-24-52/h3-48H,1-2H3. The molecule has 0 bridgehead atoms. The molecular formula is C77H52N6. The van der Waals surface area contributed by atoms with Crippen LogP contribution in [0.25, 0.3) is 150 Å². The highest BCUT2D eigenvalue weighted by Crippen LogP contribution is 2.43. The Morgan fingerprint density at radius 2 is 0.554 bits per heavy atom. The molecule has 0 radical (unpaired) electrons. The summed E-state index contributed by atoms with van der Waals surface area (Å²) in [6, 6.07) is 101. The van der Waals surface area contributed by atoms with Gasteiger partial charge in [-0.3, -0.25) is 4.57 Å². The van der Waals surface area contributed by atoms with Gasteiger partial charge in [-0.25, -0.2) is 4.98 Å². The number of para-hydroxylation sites is 4. The van der Waals surface area contributed by atoms with Gasteiger partial charge < -0.3 is 9.13 Å². The third-order valence-electron chi connectivity index (χ3n) is 16.7. The quantitative estimate of drug-likeness (QED) is 0.145. The van der Waals surface area contributed by atoms with Crippen LogP contribution in [0.3, 0.4) is 0 Å². The van der Waals surface area contributed by atoms with E-state index in [9.17, 15) is 0 Å². The maximum Gasteiger partial charge on any atom is 0.238 e. The number of hydrogen-bond donors (Lipinski definition) is 0. The lowest BCUT2D eigenvalue weighted by molar-refractivity contribution is 0.950. The number of hydrogen-bond acceptors (Lipinski definition) is 3. The zero-order valence-electron chi connectivity index (χ0n) is 45.7. The van der Waals surface area contributed by atoms with Crippen molar-refractivity contribution in [2.45, 2.75) is 13.8 Å². The van der Waals surface area contributed by atoms with E-state index >= 15 is 0 Å². The molecule has 0 saturated carbocycles. The van der Waals surface area contributed by atoms with Gasteiger partial charge in [-0.2, -0.15) is 9.97 Å². The Balaban J connectivity index is 0.989. The van der Waals surface area contributed by atoms with E-state index in [1.807, 2.05) is 0 Å². The van der Waals surface area contributed by atoms with Crippen molar-refractivity contribution in [1.29, 1.82) is 0 Å². The number of fused-ring (bicyclic) bond motifs is 9. The number of aromatic nitrogens is 6. The van der Waals surface area contributed by atoms with Crippen LogP contribution in [0.1, 0.15) is 11.1 Å². The van der Waals surface area contributed by atoms with Crippen LogP contribution < -0.4 is 0 Å². The third kappa shape index (κ3) is 7.90. The van der Waals surface area contributed by atoms with E-state index in [-0.39, 0.29) is 0 Å². The van der Waals surface area contributed by atoms with E-state index < -0.39 is 0 Å². The highest BCUT2D eigenvalue weighted by molar-refractivity contribution is 6.13. The van der Waals surface area contributed by atoms with Crippen molar-refractivity contribution in [2.75, 3.05) is 0 Å². The molecule has 0 aliphatic heterocycles. The predicted octanol–water partition coefficient (Wildman–Crippen LogP) is 19.8. The van der Waals surface area contributed by atoms with Crippen LogP contribution in [0.15, 0.2) is 279 Å². The largest absolute Gasteiger partial charge is 0.309 e. The zero-order valence-corrected chi connectivity index (χ0v) is 45.7. The van der Waals surface area contributed by atoms with Crippen molar-refractivity contribution >= 4 is 65.4 Å². The summed E-state index contributed by atoms with van der Waals surface area (Å²) in [4.78, 5) is 17.1. The van der Waals surface area contributed by atoms with Crippen LogP contribution in [-0.2, 0) is 0 Å². The van der Waals surface area contributed by atoms with Crippen LogP contribution in [-0.4, -0.2) is 28.7 Å². The van der Waals surface area contributed by atoms with E-state index in [0.717, 1.165) is 88.6 Å². The predicted molar refractivity (Wildman–Crippen MR) is 345 cm³/mol. The summed E-state index contributed by atoms with van der Waals surface area (Å²) < 4.78 is 7.01. The summed E-state index contributed by atoms with van der Waals surface area (Å²) in [5.41, 5.74) is 21.8. The molecule has 12 aromatic carbocycles. The van der Waals surface area contributed by atoms with Gasteiger partial charge in [0.05, 0.1) is 44.5 Å². The van der Waals surface area contributed by atoms with Gasteiger partial charge in [0.2, 0.25) is 5.95 Å². The van der Waals surface area contributed by atoms with Crippen molar-refractivity contribution in [3.05, 3.63) is 290 Å². The van der Waals surface area contributed by atoms with Gasteiger partial charge in [0.15, 0.2) is 11.6 Å². The lowest BCUT2D eigenvalue weighted by atomic mass is 9.92. The van der Waals surface area contributed by atoms with Crippen LogP contribution in [0.5, 0.6) is 0 Å². The highest BCUT2D eigenvalue weighted by Gasteiger charge is 2.25. The molecule has 0 fully saturated rings. The van der Waals surface area contributed by atoms with Crippen molar-refractivity contribution in [1.82, 2.24) is 28.7 Å². The molecular weight excluding hydrogens is 1010 g/mol. The fraction of sp³-hybridized carbons (Fsp3) is 0.0260. The minimum atomic E-state index is 0.514. The third-order valence-corrected chi connectivity index (χ3v) is 16.7. The second kappa shape index (κ2) is 19.4. The molecule has 0 aliphatic rings. The van der Waals surface area contributed by atoms with Gasteiger partial charge in [0.25, 0.3) is 0 Å². The summed E-state index contributed by atoms with van der Waals surface area (Å²) >= 11 is 0. The van der Waals surface area contributed by atoms with Crippen molar-refractivity contribution in [3.63, 3.8) is 0 Å². The van der Waals surface area contributed by atoms with Gasteiger partial charge in [-0.05, 0) is 143 Å².